The van der Waals surface area contributed by atoms with Crippen molar-refractivity contribution in [1.29, 1.82) is 0 Å². The largest absolute Gasteiger partial charge is 0.493 e. The lowest BCUT2D eigenvalue weighted by atomic mass is 9.97. The topological polar surface area (TPSA) is 92.1 Å². The fourth-order valence-corrected chi connectivity index (χ4v) is 3.28. The van der Waals surface area contributed by atoms with Gasteiger partial charge in [-0.1, -0.05) is 35.5 Å². The molecule has 1 aliphatic rings. The maximum absolute atomic E-state index is 12.7. The van der Waals surface area contributed by atoms with Crippen LogP contribution in [0.15, 0.2) is 40.9 Å². The minimum absolute atomic E-state index is 0.0455. The summed E-state index contributed by atoms with van der Waals surface area (Å²) < 4.78 is 27.7. The van der Waals surface area contributed by atoms with Gasteiger partial charge in [0.05, 0.1) is 19.8 Å². The number of carbonyl (C=O) groups excluding carboxylic acids is 1. The number of nitrogens with one attached hydrogen (secondary N) is 1. The number of nitrogens with zero attached hydrogens (tertiary/aromatic N) is 1. The van der Waals surface area contributed by atoms with Crippen molar-refractivity contribution in [2.24, 2.45) is 0 Å². The smallest absolute Gasteiger partial charge is 0.290 e. The van der Waals surface area contributed by atoms with E-state index >= 15 is 0 Å². The molecule has 0 unspecified atom stereocenters. The number of hydrogen-bond acceptors (Lipinski definition) is 7. The third-order valence-corrected chi connectivity index (χ3v) is 4.54. The highest BCUT2D eigenvalue weighted by Crippen LogP contribution is 2.54. The normalized spacial score (nSPS) is 12.0. The second-order valence-corrected chi connectivity index (χ2v) is 6.19. The Hall–Kier alpha value is -3.68. The molecule has 3 aromatic rings. The van der Waals surface area contributed by atoms with Crippen LogP contribution in [0.2, 0.25) is 0 Å². The van der Waals surface area contributed by atoms with Crippen molar-refractivity contribution in [2.45, 2.75) is 6.92 Å². The molecule has 0 spiro atoms. The van der Waals surface area contributed by atoms with Crippen LogP contribution in [0.5, 0.6) is 23.0 Å². The number of rotatable bonds is 6. The molecule has 0 bridgehead atoms. The summed E-state index contributed by atoms with van der Waals surface area (Å²) in [6, 6.07) is 11.2. The number of ether oxygens (including phenoxy) is 4. The van der Waals surface area contributed by atoms with E-state index < -0.39 is 0 Å². The first kappa shape index (κ1) is 18.7. The standard InChI is InChI=1S/C21H20N2O6/c1-4-22-21(24)19-15(16(23-29-19)12-8-6-5-7-9-12)13-10-14(25-2)18-20(17(13)26-3)28-11-27-18/h5-10H,4,11H2,1-3H3,(H,22,24). The van der Waals surface area contributed by atoms with Gasteiger partial charge in [0, 0.05) is 17.7 Å². The number of hydrogen-bond donors (Lipinski definition) is 1. The van der Waals surface area contributed by atoms with E-state index in [2.05, 4.69) is 10.5 Å². The Morgan fingerprint density at radius 2 is 1.90 bits per heavy atom. The summed E-state index contributed by atoms with van der Waals surface area (Å²) in [4.78, 5) is 12.7. The first-order valence-corrected chi connectivity index (χ1v) is 9.07. The first-order chi connectivity index (χ1) is 14.2. The summed E-state index contributed by atoms with van der Waals surface area (Å²) in [5.74, 6) is 1.41. The number of methoxy groups -OCH3 is 2. The highest BCUT2D eigenvalue weighted by atomic mass is 16.7. The van der Waals surface area contributed by atoms with E-state index in [9.17, 15) is 4.79 Å². The van der Waals surface area contributed by atoms with Crippen LogP contribution in [0.3, 0.4) is 0 Å². The average molecular weight is 396 g/mol. The molecule has 8 heteroatoms. The molecule has 4 rings (SSSR count). The van der Waals surface area contributed by atoms with Gasteiger partial charge in [-0.05, 0) is 13.0 Å². The summed E-state index contributed by atoms with van der Waals surface area (Å²) in [5, 5.41) is 6.94. The minimum Gasteiger partial charge on any atom is -0.493 e. The monoisotopic (exact) mass is 396 g/mol. The predicted molar refractivity (Wildman–Crippen MR) is 105 cm³/mol. The molecule has 0 aliphatic carbocycles. The van der Waals surface area contributed by atoms with E-state index in [4.69, 9.17) is 23.5 Å². The van der Waals surface area contributed by atoms with Crippen molar-refractivity contribution >= 4 is 5.91 Å². The average Bonchev–Trinajstić information content (AvgIpc) is 3.41. The van der Waals surface area contributed by atoms with Crippen LogP contribution in [-0.4, -0.2) is 38.6 Å². The van der Waals surface area contributed by atoms with Gasteiger partial charge >= 0.3 is 0 Å². The maximum Gasteiger partial charge on any atom is 0.290 e. The zero-order chi connectivity index (χ0) is 20.4. The Bertz CT molecular complexity index is 1050. The van der Waals surface area contributed by atoms with E-state index in [0.29, 0.717) is 46.4 Å². The molecule has 1 N–H and O–H groups in total. The number of aromatic nitrogens is 1. The molecule has 0 atom stereocenters. The van der Waals surface area contributed by atoms with Gasteiger partial charge in [0.1, 0.15) is 5.69 Å². The molecular weight excluding hydrogens is 376 g/mol. The Morgan fingerprint density at radius 3 is 2.59 bits per heavy atom. The quantitative estimate of drug-likeness (QED) is 0.682. The number of benzene rings is 2. The lowest BCUT2D eigenvalue weighted by Gasteiger charge is -2.14. The van der Waals surface area contributed by atoms with Crippen LogP contribution in [-0.2, 0) is 0 Å². The molecule has 1 aromatic heterocycles. The third kappa shape index (κ3) is 3.12. The SMILES string of the molecule is CCNC(=O)c1onc(-c2ccccc2)c1-c1cc(OC)c2c(c1OC)OCO2. The molecule has 8 nitrogen and oxygen atoms in total. The fraction of sp³-hybridized carbons (Fsp3) is 0.238. The molecule has 0 fully saturated rings. The van der Waals surface area contributed by atoms with E-state index in [1.54, 1.807) is 6.07 Å². The zero-order valence-corrected chi connectivity index (χ0v) is 16.3. The van der Waals surface area contributed by atoms with Crippen LogP contribution in [0.4, 0.5) is 0 Å². The van der Waals surface area contributed by atoms with Crippen LogP contribution in [0, 0.1) is 0 Å². The van der Waals surface area contributed by atoms with Crippen molar-refractivity contribution in [3.8, 4) is 45.4 Å². The Morgan fingerprint density at radius 1 is 1.14 bits per heavy atom. The fourth-order valence-electron chi connectivity index (χ4n) is 3.28. The third-order valence-electron chi connectivity index (χ3n) is 4.54. The van der Waals surface area contributed by atoms with Crippen LogP contribution in [0.25, 0.3) is 22.4 Å². The van der Waals surface area contributed by atoms with Crippen LogP contribution < -0.4 is 24.3 Å². The summed E-state index contributed by atoms with van der Waals surface area (Å²) in [6.45, 7) is 2.32. The van der Waals surface area contributed by atoms with Crippen molar-refractivity contribution in [3.63, 3.8) is 0 Å². The van der Waals surface area contributed by atoms with Gasteiger partial charge in [0.2, 0.25) is 24.1 Å². The second kappa shape index (κ2) is 7.75. The van der Waals surface area contributed by atoms with Gasteiger partial charge in [0.15, 0.2) is 11.5 Å². The van der Waals surface area contributed by atoms with E-state index in [1.165, 1.54) is 14.2 Å². The van der Waals surface area contributed by atoms with Crippen LogP contribution in [0.1, 0.15) is 17.5 Å². The van der Waals surface area contributed by atoms with E-state index in [-0.39, 0.29) is 18.5 Å². The summed E-state index contributed by atoms with van der Waals surface area (Å²) in [5.41, 5.74) is 2.33. The number of carbonyl (C=O) groups is 1. The van der Waals surface area contributed by atoms with Gasteiger partial charge in [0.25, 0.3) is 5.91 Å². The minimum atomic E-state index is -0.379. The molecule has 0 saturated heterocycles. The predicted octanol–water partition coefficient (Wildman–Crippen LogP) is 3.50. The van der Waals surface area contributed by atoms with Gasteiger partial charge in [-0.3, -0.25) is 4.79 Å². The zero-order valence-electron chi connectivity index (χ0n) is 16.3. The van der Waals surface area contributed by atoms with Gasteiger partial charge in [-0.2, -0.15) is 0 Å². The second-order valence-electron chi connectivity index (χ2n) is 6.19. The van der Waals surface area contributed by atoms with Gasteiger partial charge in [-0.15, -0.1) is 0 Å². The highest BCUT2D eigenvalue weighted by Gasteiger charge is 2.33. The molecule has 0 saturated carbocycles. The van der Waals surface area contributed by atoms with Gasteiger partial charge in [-0.25, -0.2) is 0 Å². The van der Waals surface area contributed by atoms with Crippen LogP contribution >= 0.6 is 0 Å². The maximum atomic E-state index is 12.7. The lowest BCUT2D eigenvalue weighted by Crippen LogP contribution is -2.22. The Kier molecular flexibility index (Phi) is 4.99. The Balaban J connectivity index is 2.01. The van der Waals surface area contributed by atoms with E-state index in [0.717, 1.165) is 5.56 Å². The lowest BCUT2D eigenvalue weighted by molar-refractivity contribution is 0.0920. The van der Waals surface area contributed by atoms with E-state index in [1.807, 2.05) is 37.3 Å². The first-order valence-electron chi connectivity index (χ1n) is 9.07. The van der Waals surface area contributed by atoms with Crippen molar-refractivity contribution in [3.05, 3.63) is 42.2 Å². The summed E-state index contributed by atoms with van der Waals surface area (Å²) in [7, 11) is 3.05. The molecule has 0 radical (unpaired) electrons. The summed E-state index contributed by atoms with van der Waals surface area (Å²) >= 11 is 0. The summed E-state index contributed by atoms with van der Waals surface area (Å²) in [6.07, 6.45) is 0. The molecule has 150 valence electrons. The molecule has 2 aromatic carbocycles. The number of amides is 1. The highest BCUT2D eigenvalue weighted by molar-refractivity contribution is 6.03. The molecular formula is C21H20N2O6. The molecule has 29 heavy (non-hydrogen) atoms. The molecule has 1 aliphatic heterocycles. The van der Waals surface area contributed by atoms with Gasteiger partial charge < -0.3 is 28.8 Å². The Labute approximate surface area is 167 Å². The molecule has 2 heterocycles. The van der Waals surface area contributed by atoms with Crippen molar-refractivity contribution in [1.82, 2.24) is 10.5 Å². The van der Waals surface area contributed by atoms with Crippen molar-refractivity contribution in [2.75, 3.05) is 27.6 Å². The van der Waals surface area contributed by atoms with Crippen molar-refractivity contribution < 1.29 is 28.3 Å². The number of fused-ring (bicyclic) bond motifs is 1. The molecule has 1 amide bonds.